The summed E-state index contributed by atoms with van der Waals surface area (Å²) in [6.07, 6.45) is 4.81. The van der Waals surface area contributed by atoms with E-state index >= 15 is 0 Å². The number of halogens is 1. The van der Waals surface area contributed by atoms with Gasteiger partial charge in [-0.3, -0.25) is 4.98 Å². The Morgan fingerprint density at radius 3 is 2.63 bits per heavy atom. The minimum atomic E-state index is 0.259. The quantitative estimate of drug-likeness (QED) is 0.839. The van der Waals surface area contributed by atoms with Crippen LogP contribution in [0.25, 0.3) is 0 Å². The van der Waals surface area contributed by atoms with Gasteiger partial charge in [0, 0.05) is 29.2 Å². The third-order valence-corrected chi connectivity index (χ3v) is 4.71. The summed E-state index contributed by atoms with van der Waals surface area (Å²) in [4.78, 5) is 5.31. The lowest BCUT2D eigenvalue weighted by atomic mass is 9.93. The maximum Gasteiger partial charge on any atom is 0.0561 e. The van der Waals surface area contributed by atoms with Crippen molar-refractivity contribution in [3.05, 3.63) is 51.4 Å². The second-order valence-corrected chi connectivity index (χ2v) is 5.99. The fourth-order valence-electron chi connectivity index (χ4n) is 2.18. The van der Waals surface area contributed by atoms with Crippen molar-refractivity contribution in [2.75, 3.05) is 6.54 Å². The minimum Gasteiger partial charge on any atom is -0.309 e. The van der Waals surface area contributed by atoms with Crippen LogP contribution in [0.1, 0.15) is 42.7 Å². The maximum atomic E-state index is 6.30. The molecule has 2 nitrogen and oxygen atoms in total. The largest absolute Gasteiger partial charge is 0.309 e. The van der Waals surface area contributed by atoms with Gasteiger partial charge in [-0.1, -0.05) is 25.4 Å². The molecule has 0 saturated carbocycles. The van der Waals surface area contributed by atoms with Gasteiger partial charge in [0.25, 0.3) is 0 Å². The first-order valence-electron chi connectivity index (χ1n) is 6.60. The Morgan fingerprint density at radius 1 is 1.32 bits per heavy atom. The Labute approximate surface area is 123 Å². The number of thiophene rings is 1. The summed E-state index contributed by atoms with van der Waals surface area (Å²) in [5, 5.41) is 6.53. The highest BCUT2D eigenvalue weighted by Crippen LogP contribution is 2.37. The van der Waals surface area contributed by atoms with Crippen LogP contribution in [0.15, 0.2) is 36.0 Å². The minimum absolute atomic E-state index is 0.259. The topological polar surface area (TPSA) is 24.9 Å². The van der Waals surface area contributed by atoms with E-state index in [1.165, 1.54) is 10.4 Å². The Hall–Kier alpha value is -0.900. The molecule has 0 radical (unpaired) electrons. The molecule has 2 heterocycles. The molecular formula is C15H19ClN2S. The number of nitrogens with one attached hydrogen (secondary N) is 1. The number of pyridine rings is 1. The van der Waals surface area contributed by atoms with Gasteiger partial charge in [0.2, 0.25) is 0 Å². The average Bonchev–Trinajstić information content (AvgIpc) is 2.86. The van der Waals surface area contributed by atoms with Gasteiger partial charge >= 0.3 is 0 Å². The highest BCUT2D eigenvalue weighted by atomic mass is 35.5. The van der Waals surface area contributed by atoms with E-state index in [-0.39, 0.29) is 6.04 Å². The van der Waals surface area contributed by atoms with Crippen LogP contribution >= 0.6 is 22.9 Å². The molecular weight excluding hydrogens is 276 g/mol. The molecule has 0 amide bonds. The molecule has 0 aliphatic carbocycles. The molecule has 0 saturated heterocycles. The van der Waals surface area contributed by atoms with Crippen molar-refractivity contribution in [3.63, 3.8) is 0 Å². The highest BCUT2D eigenvalue weighted by Gasteiger charge is 2.23. The third-order valence-electron chi connectivity index (χ3n) is 3.27. The molecule has 2 atom stereocenters. The number of hydrogen-bond donors (Lipinski definition) is 1. The Bertz CT molecular complexity index is 498. The smallest absolute Gasteiger partial charge is 0.0561 e. The summed E-state index contributed by atoms with van der Waals surface area (Å²) in [5.41, 5.74) is 1.29. The van der Waals surface area contributed by atoms with E-state index in [1.54, 1.807) is 11.3 Å². The Morgan fingerprint density at radius 2 is 2.05 bits per heavy atom. The molecule has 0 bridgehead atoms. The lowest BCUT2D eigenvalue weighted by Gasteiger charge is -2.25. The van der Waals surface area contributed by atoms with E-state index in [4.69, 9.17) is 11.6 Å². The molecule has 102 valence electrons. The summed E-state index contributed by atoms with van der Waals surface area (Å²) < 4.78 is 0. The summed E-state index contributed by atoms with van der Waals surface area (Å²) in [6, 6.07) is 6.39. The molecule has 1 N–H and O–H groups in total. The molecule has 2 aromatic rings. The van der Waals surface area contributed by atoms with Crippen molar-refractivity contribution in [1.29, 1.82) is 0 Å². The predicted octanol–water partition coefficient (Wildman–Crippen LogP) is 4.64. The van der Waals surface area contributed by atoms with Crippen LogP contribution in [-0.4, -0.2) is 11.5 Å². The molecule has 2 aromatic heterocycles. The fraction of sp³-hybridized carbons (Fsp3) is 0.400. The molecule has 0 aromatic carbocycles. The predicted molar refractivity (Wildman–Crippen MR) is 83.0 cm³/mol. The average molecular weight is 295 g/mol. The van der Waals surface area contributed by atoms with Crippen LogP contribution in [-0.2, 0) is 0 Å². The van der Waals surface area contributed by atoms with Gasteiger partial charge in [-0.15, -0.1) is 11.3 Å². The van der Waals surface area contributed by atoms with Crippen molar-refractivity contribution in [3.8, 4) is 0 Å². The molecule has 4 heteroatoms. The summed E-state index contributed by atoms with van der Waals surface area (Å²) in [6.45, 7) is 5.41. The molecule has 19 heavy (non-hydrogen) atoms. The first kappa shape index (κ1) is 14.5. The molecule has 0 spiro atoms. The van der Waals surface area contributed by atoms with Gasteiger partial charge in [0.1, 0.15) is 0 Å². The van der Waals surface area contributed by atoms with Gasteiger partial charge in [0.05, 0.1) is 5.02 Å². The Balaban J connectivity index is 2.25. The normalized spacial score (nSPS) is 14.3. The number of nitrogens with zero attached hydrogens (tertiary/aromatic N) is 1. The van der Waals surface area contributed by atoms with Crippen LogP contribution in [0.5, 0.6) is 0 Å². The zero-order valence-corrected chi connectivity index (χ0v) is 12.8. The fourth-order valence-corrected chi connectivity index (χ4v) is 3.54. The number of hydrogen-bond acceptors (Lipinski definition) is 3. The summed E-state index contributed by atoms with van der Waals surface area (Å²) in [5.74, 6) is 0.366. The first-order valence-corrected chi connectivity index (χ1v) is 7.86. The molecule has 2 unspecified atom stereocenters. The van der Waals surface area contributed by atoms with Crippen molar-refractivity contribution in [1.82, 2.24) is 10.3 Å². The van der Waals surface area contributed by atoms with Gasteiger partial charge < -0.3 is 5.32 Å². The van der Waals surface area contributed by atoms with Gasteiger partial charge in [0.15, 0.2) is 0 Å². The van der Waals surface area contributed by atoms with Gasteiger partial charge in [-0.2, -0.15) is 0 Å². The molecule has 0 aliphatic rings. The van der Waals surface area contributed by atoms with Crippen LogP contribution in [0.4, 0.5) is 0 Å². The van der Waals surface area contributed by atoms with Crippen LogP contribution < -0.4 is 5.32 Å². The number of rotatable bonds is 6. The van der Waals surface area contributed by atoms with E-state index in [0.717, 1.165) is 18.0 Å². The standard InChI is InChI=1S/C15H19ClN2S/c1-3-7-18-14(15-13(16)6-10-19-15)11(2)12-4-8-17-9-5-12/h4-6,8-11,14,18H,3,7H2,1-2H3. The van der Waals surface area contributed by atoms with E-state index in [1.807, 2.05) is 18.5 Å². The third kappa shape index (κ3) is 3.56. The lowest BCUT2D eigenvalue weighted by molar-refractivity contribution is 0.473. The first-order chi connectivity index (χ1) is 9.24. The number of aromatic nitrogens is 1. The van der Waals surface area contributed by atoms with Crippen molar-refractivity contribution in [2.45, 2.75) is 32.2 Å². The second-order valence-electron chi connectivity index (χ2n) is 4.63. The SMILES string of the molecule is CCCNC(c1sccc1Cl)C(C)c1ccncc1. The van der Waals surface area contributed by atoms with E-state index in [0.29, 0.717) is 5.92 Å². The van der Waals surface area contributed by atoms with Crippen LogP contribution in [0.2, 0.25) is 5.02 Å². The summed E-state index contributed by atoms with van der Waals surface area (Å²) >= 11 is 8.02. The van der Waals surface area contributed by atoms with Crippen LogP contribution in [0, 0.1) is 0 Å². The van der Waals surface area contributed by atoms with Gasteiger partial charge in [-0.05, 0) is 42.1 Å². The van der Waals surface area contributed by atoms with Crippen molar-refractivity contribution < 1.29 is 0 Å². The van der Waals surface area contributed by atoms with Crippen LogP contribution in [0.3, 0.4) is 0 Å². The van der Waals surface area contributed by atoms with Crippen molar-refractivity contribution >= 4 is 22.9 Å². The zero-order chi connectivity index (χ0) is 13.7. The molecule has 2 rings (SSSR count). The zero-order valence-electron chi connectivity index (χ0n) is 11.3. The molecule has 0 fully saturated rings. The van der Waals surface area contributed by atoms with E-state index in [2.05, 4.69) is 41.7 Å². The van der Waals surface area contributed by atoms with E-state index in [9.17, 15) is 0 Å². The second kappa shape index (κ2) is 7.04. The van der Waals surface area contributed by atoms with E-state index < -0.39 is 0 Å². The summed E-state index contributed by atoms with van der Waals surface area (Å²) in [7, 11) is 0. The maximum absolute atomic E-state index is 6.30. The lowest BCUT2D eigenvalue weighted by Crippen LogP contribution is -2.26. The Kier molecular flexibility index (Phi) is 5.37. The molecule has 0 aliphatic heterocycles. The van der Waals surface area contributed by atoms with Gasteiger partial charge in [-0.25, -0.2) is 0 Å². The highest BCUT2D eigenvalue weighted by molar-refractivity contribution is 7.10. The van der Waals surface area contributed by atoms with Crippen molar-refractivity contribution in [2.24, 2.45) is 0 Å². The monoisotopic (exact) mass is 294 g/mol.